The molecule has 6 heteroatoms. The Balaban J connectivity index is 1.53. The van der Waals surface area contributed by atoms with Crippen molar-refractivity contribution in [2.75, 3.05) is 19.7 Å². The fraction of sp³-hybridized carbons (Fsp3) is 0.429. The van der Waals surface area contributed by atoms with Gasteiger partial charge in [0.2, 0.25) is 5.88 Å². The third-order valence-electron chi connectivity index (χ3n) is 4.31. The van der Waals surface area contributed by atoms with Crippen molar-refractivity contribution in [1.29, 1.82) is 0 Å². The number of hydrogen-bond acceptors (Lipinski definition) is 4. The van der Waals surface area contributed by atoms with Gasteiger partial charge in [-0.2, -0.15) is 0 Å². The lowest BCUT2D eigenvalue weighted by Crippen LogP contribution is -2.41. The molecule has 27 heavy (non-hydrogen) atoms. The summed E-state index contributed by atoms with van der Waals surface area (Å²) in [6, 6.07) is 14.0. The summed E-state index contributed by atoms with van der Waals surface area (Å²) in [7, 11) is 0. The van der Waals surface area contributed by atoms with E-state index in [0.29, 0.717) is 19.0 Å². The SMILES string of the molecule is CCNC(=NCc1ccnc(OCc2ccccc2)c1)NCC1CCCO1. The summed E-state index contributed by atoms with van der Waals surface area (Å²) >= 11 is 0. The van der Waals surface area contributed by atoms with E-state index in [1.807, 2.05) is 42.5 Å². The van der Waals surface area contributed by atoms with E-state index in [4.69, 9.17) is 9.47 Å². The van der Waals surface area contributed by atoms with E-state index < -0.39 is 0 Å². The molecule has 1 aliphatic heterocycles. The molecule has 0 radical (unpaired) electrons. The number of rotatable bonds is 8. The van der Waals surface area contributed by atoms with E-state index in [1.165, 1.54) is 0 Å². The van der Waals surface area contributed by atoms with Crippen LogP contribution in [0, 0.1) is 0 Å². The maximum absolute atomic E-state index is 5.79. The van der Waals surface area contributed by atoms with Gasteiger partial charge in [0.15, 0.2) is 5.96 Å². The first kappa shape index (κ1) is 19.2. The number of pyridine rings is 1. The van der Waals surface area contributed by atoms with Crippen LogP contribution in [0.3, 0.4) is 0 Å². The van der Waals surface area contributed by atoms with Gasteiger partial charge in [-0.3, -0.25) is 0 Å². The summed E-state index contributed by atoms with van der Waals surface area (Å²) in [4.78, 5) is 8.95. The first-order chi connectivity index (χ1) is 13.3. The largest absolute Gasteiger partial charge is 0.473 e. The zero-order valence-electron chi connectivity index (χ0n) is 15.9. The molecule has 3 rings (SSSR count). The molecule has 0 bridgehead atoms. The van der Waals surface area contributed by atoms with Crippen LogP contribution in [0.2, 0.25) is 0 Å². The van der Waals surface area contributed by atoms with Crippen LogP contribution < -0.4 is 15.4 Å². The number of hydrogen-bond donors (Lipinski definition) is 2. The molecule has 2 aromatic rings. The van der Waals surface area contributed by atoms with Crippen LogP contribution >= 0.6 is 0 Å². The minimum Gasteiger partial charge on any atom is -0.473 e. The van der Waals surface area contributed by atoms with Crippen LogP contribution in [-0.2, 0) is 17.9 Å². The van der Waals surface area contributed by atoms with Crippen molar-refractivity contribution in [2.24, 2.45) is 4.99 Å². The van der Waals surface area contributed by atoms with E-state index in [0.717, 1.165) is 49.6 Å². The Bertz CT molecular complexity index is 715. The van der Waals surface area contributed by atoms with Crippen LogP contribution in [0.1, 0.15) is 30.9 Å². The maximum atomic E-state index is 5.79. The van der Waals surface area contributed by atoms with Gasteiger partial charge in [0.25, 0.3) is 0 Å². The van der Waals surface area contributed by atoms with Gasteiger partial charge in [0, 0.05) is 32.0 Å². The Morgan fingerprint density at radius 3 is 2.89 bits per heavy atom. The van der Waals surface area contributed by atoms with Gasteiger partial charge in [0.05, 0.1) is 12.6 Å². The van der Waals surface area contributed by atoms with Crippen molar-refractivity contribution in [3.05, 3.63) is 59.8 Å². The molecular formula is C21H28N4O2. The minimum atomic E-state index is 0.285. The Morgan fingerprint density at radius 1 is 1.22 bits per heavy atom. The van der Waals surface area contributed by atoms with Crippen LogP contribution in [0.15, 0.2) is 53.7 Å². The molecule has 6 nitrogen and oxygen atoms in total. The van der Waals surface area contributed by atoms with Crippen LogP contribution in [0.5, 0.6) is 5.88 Å². The van der Waals surface area contributed by atoms with Crippen molar-refractivity contribution in [2.45, 2.75) is 39.0 Å². The Labute approximate surface area is 161 Å². The summed E-state index contributed by atoms with van der Waals surface area (Å²) in [6.07, 6.45) is 4.30. The summed E-state index contributed by atoms with van der Waals surface area (Å²) in [6.45, 7) is 5.60. The van der Waals surface area contributed by atoms with E-state index in [-0.39, 0.29) is 6.10 Å². The van der Waals surface area contributed by atoms with Gasteiger partial charge in [-0.25, -0.2) is 9.98 Å². The number of nitrogens with zero attached hydrogens (tertiary/aromatic N) is 2. The smallest absolute Gasteiger partial charge is 0.213 e. The molecular weight excluding hydrogens is 340 g/mol. The predicted octanol–water partition coefficient (Wildman–Crippen LogP) is 2.89. The van der Waals surface area contributed by atoms with Gasteiger partial charge in [-0.05, 0) is 37.0 Å². The monoisotopic (exact) mass is 368 g/mol. The van der Waals surface area contributed by atoms with Crippen LogP contribution in [0.25, 0.3) is 0 Å². The molecule has 0 aliphatic carbocycles. The number of aromatic nitrogens is 1. The van der Waals surface area contributed by atoms with Gasteiger partial charge >= 0.3 is 0 Å². The Kier molecular flexibility index (Phi) is 7.47. The average Bonchev–Trinajstić information content (AvgIpc) is 3.23. The number of ether oxygens (including phenoxy) is 2. The molecule has 1 fully saturated rings. The maximum Gasteiger partial charge on any atom is 0.213 e. The normalized spacial score (nSPS) is 16.9. The quantitative estimate of drug-likeness (QED) is 0.554. The summed E-state index contributed by atoms with van der Waals surface area (Å²) < 4.78 is 11.4. The van der Waals surface area contributed by atoms with Crippen molar-refractivity contribution >= 4 is 5.96 Å². The fourth-order valence-electron chi connectivity index (χ4n) is 2.89. The standard InChI is InChI=1S/C21H28N4O2/c1-2-22-21(25-15-19-9-6-12-26-19)24-14-18-10-11-23-20(13-18)27-16-17-7-4-3-5-8-17/h3-5,7-8,10-11,13,19H,2,6,9,12,14-16H2,1H3,(H2,22,24,25). The fourth-order valence-corrected chi connectivity index (χ4v) is 2.89. The molecule has 1 aliphatic rings. The van der Waals surface area contributed by atoms with Crippen molar-refractivity contribution in [3.63, 3.8) is 0 Å². The summed E-state index contributed by atoms with van der Waals surface area (Å²) in [5.74, 6) is 1.42. The van der Waals surface area contributed by atoms with E-state index in [1.54, 1.807) is 6.20 Å². The molecule has 1 aromatic carbocycles. The highest BCUT2D eigenvalue weighted by molar-refractivity contribution is 5.79. The molecule has 2 N–H and O–H groups in total. The third kappa shape index (κ3) is 6.57. The van der Waals surface area contributed by atoms with Crippen molar-refractivity contribution in [3.8, 4) is 5.88 Å². The zero-order valence-corrected chi connectivity index (χ0v) is 15.9. The zero-order chi connectivity index (χ0) is 18.7. The first-order valence-electron chi connectivity index (χ1n) is 9.59. The van der Waals surface area contributed by atoms with Gasteiger partial charge in [-0.1, -0.05) is 30.3 Å². The van der Waals surface area contributed by atoms with Gasteiger partial charge in [-0.15, -0.1) is 0 Å². The first-order valence-corrected chi connectivity index (χ1v) is 9.59. The molecule has 0 spiro atoms. The lowest BCUT2D eigenvalue weighted by atomic mass is 10.2. The summed E-state index contributed by atoms with van der Waals surface area (Å²) in [5.41, 5.74) is 2.18. The minimum absolute atomic E-state index is 0.285. The highest BCUT2D eigenvalue weighted by atomic mass is 16.5. The molecule has 2 heterocycles. The predicted molar refractivity (Wildman–Crippen MR) is 107 cm³/mol. The molecule has 1 saturated heterocycles. The van der Waals surface area contributed by atoms with Gasteiger partial charge < -0.3 is 20.1 Å². The average molecular weight is 368 g/mol. The van der Waals surface area contributed by atoms with E-state index >= 15 is 0 Å². The van der Waals surface area contributed by atoms with Crippen molar-refractivity contribution in [1.82, 2.24) is 15.6 Å². The Morgan fingerprint density at radius 2 is 2.11 bits per heavy atom. The molecule has 144 valence electrons. The van der Waals surface area contributed by atoms with Crippen molar-refractivity contribution < 1.29 is 9.47 Å². The number of nitrogens with one attached hydrogen (secondary N) is 2. The number of aliphatic imine (C=N–C) groups is 1. The lowest BCUT2D eigenvalue weighted by Gasteiger charge is -2.14. The molecule has 0 amide bonds. The molecule has 1 aromatic heterocycles. The van der Waals surface area contributed by atoms with E-state index in [9.17, 15) is 0 Å². The second-order valence-corrected chi connectivity index (χ2v) is 6.49. The Hall–Kier alpha value is -2.60. The highest BCUT2D eigenvalue weighted by Crippen LogP contribution is 2.13. The van der Waals surface area contributed by atoms with Crippen LogP contribution in [-0.4, -0.2) is 36.7 Å². The van der Waals surface area contributed by atoms with Gasteiger partial charge in [0.1, 0.15) is 6.61 Å². The topological polar surface area (TPSA) is 67.8 Å². The highest BCUT2D eigenvalue weighted by Gasteiger charge is 2.15. The van der Waals surface area contributed by atoms with Crippen LogP contribution in [0.4, 0.5) is 0 Å². The molecule has 0 saturated carbocycles. The second kappa shape index (κ2) is 10.5. The lowest BCUT2D eigenvalue weighted by molar-refractivity contribution is 0.114. The summed E-state index contributed by atoms with van der Waals surface area (Å²) in [5, 5.41) is 6.64. The number of guanidine groups is 1. The molecule has 1 unspecified atom stereocenters. The third-order valence-corrected chi connectivity index (χ3v) is 4.31. The second-order valence-electron chi connectivity index (χ2n) is 6.49. The number of benzene rings is 1. The van der Waals surface area contributed by atoms with E-state index in [2.05, 4.69) is 27.5 Å². The molecule has 1 atom stereocenters.